The number of imidazole rings is 1. The van der Waals surface area contributed by atoms with Crippen LogP contribution in [-0.4, -0.2) is 34.4 Å². The second kappa shape index (κ2) is 6.97. The average Bonchev–Trinajstić information content (AvgIpc) is 3.05. The van der Waals surface area contributed by atoms with E-state index >= 15 is 0 Å². The van der Waals surface area contributed by atoms with E-state index in [1.807, 2.05) is 41.1 Å². The largest absolute Gasteiger partial charge is 0.371 e. The molecule has 1 aromatic carbocycles. The fourth-order valence-corrected chi connectivity index (χ4v) is 3.44. The second-order valence-electron chi connectivity index (χ2n) is 6.54. The SMILES string of the molecule is O=C(Cc1cn2ccccc2n1)NC1CCN(c2ccccc2)CC1. The van der Waals surface area contributed by atoms with Crippen molar-refractivity contribution in [3.8, 4) is 0 Å². The Bertz CT molecular complexity index is 817. The molecule has 1 fully saturated rings. The molecule has 0 radical (unpaired) electrons. The maximum Gasteiger partial charge on any atom is 0.226 e. The third-order valence-electron chi connectivity index (χ3n) is 4.74. The number of nitrogens with zero attached hydrogens (tertiary/aromatic N) is 3. The van der Waals surface area contributed by atoms with E-state index in [1.165, 1.54) is 5.69 Å². The molecule has 0 atom stereocenters. The molecule has 1 aliphatic heterocycles. The molecule has 2 aromatic heterocycles. The first-order chi connectivity index (χ1) is 12.3. The number of rotatable bonds is 4. The Labute approximate surface area is 147 Å². The van der Waals surface area contributed by atoms with Gasteiger partial charge in [0.1, 0.15) is 5.65 Å². The predicted molar refractivity (Wildman–Crippen MR) is 98.7 cm³/mol. The van der Waals surface area contributed by atoms with E-state index in [1.54, 1.807) is 0 Å². The van der Waals surface area contributed by atoms with Crippen LogP contribution in [0.1, 0.15) is 18.5 Å². The number of fused-ring (bicyclic) bond motifs is 1. The Kier molecular flexibility index (Phi) is 4.37. The van der Waals surface area contributed by atoms with Crippen molar-refractivity contribution in [2.24, 2.45) is 0 Å². The van der Waals surface area contributed by atoms with Crippen molar-refractivity contribution in [1.29, 1.82) is 0 Å². The first-order valence-corrected chi connectivity index (χ1v) is 8.80. The molecule has 1 aliphatic rings. The number of aromatic nitrogens is 2. The molecule has 1 saturated heterocycles. The smallest absolute Gasteiger partial charge is 0.226 e. The number of amides is 1. The topological polar surface area (TPSA) is 49.6 Å². The maximum atomic E-state index is 12.3. The summed E-state index contributed by atoms with van der Waals surface area (Å²) in [5.41, 5.74) is 2.95. The lowest BCUT2D eigenvalue weighted by Gasteiger charge is -2.34. The molecule has 25 heavy (non-hydrogen) atoms. The number of hydrogen-bond acceptors (Lipinski definition) is 3. The van der Waals surface area contributed by atoms with Gasteiger partial charge in [-0.25, -0.2) is 4.98 Å². The summed E-state index contributed by atoms with van der Waals surface area (Å²) < 4.78 is 1.95. The summed E-state index contributed by atoms with van der Waals surface area (Å²) >= 11 is 0. The van der Waals surface area contributed by atoms with Crippen molar-refractivity contribution in [2.75, 3.05) is 18.0 Å². The number of piperidine rings is 1. The summed E-state index contributed by atoms with van der Waals surface area (Å²) in [6.45, 7) is 1.95. The van der Waals surface area contributed by atoms with Crippen LogP contribution in [0.2, 0.25) is 0 Å². The van der Waals surface area contributed by atoms with Crippen LogP contribution < -0.4 is 10.2 Å². The van der Waals surface area contributed by atoms with Crippen molar-refractivity contribution in [3.63, 3.8) is 0 Å². The molecule has 4 rings (SSSR count). The predicted octanol–water partition coefficient (Wildman–Crippen LogP) is 2.66. The van der Waals surface area contributed by atoms with Crippen LogP contribution in [0, 0.1) is 0 Å². The first kappa shape index (κ1) is 15.7. The van der Waals surface area contributed by atoms with Gasteiger partial charge in [0.15, 0.2) is 0 Å². The van der Waals surface area contributed by atoms with Crippen LogP contribution in [-0.2, 0) is 11.2 Å². The molecule has 0 saturated carbocycles. The Morgan fingerprint density at radius 3 is 2.60 bits per heavy atom. The van der Waals surface area contributed by atoms with Crippen molar-refractivity contribution >= 4 is 17.2 Å². The van der Waals surface area contributed by atoms with E-state index in [0.29, 0.717) is 6.42 Å². The summed E-state index contributed by atoms with van der Waals surface area (Å²) in [4.78, 5) is 19.2. The molecule has 0 bridgehead atoms. The van der Waals surface area contributed by atoms with Crippen molar-refractivity contribution in [2.45, 2.75) is 25.3 Å². The summed E-state index contributed by atoms with van der Waals surface area (Å²) in [5, 5.41) is 3.17. The van der Waals surface area contributed by atoms with Crippen LogP contribution >= 0.6 is 0 Å². The van der Waals surface area contributed by atoms with Crippen molar-refractivity contribution in [1.82, 2.24) is 14.7 Å². The lowest BCUT2D eigenvalue weighted by molar-refractivity contribution is -0.121. The highest BCUT2D eigenvalue weighted by Crippen LogP contribution is 2.19. The molecular weight excluding hydrogens is 312 g/mol. The molecule has 0 aliphatic carbocycles. The van der Waals surface area contributed by atoms with Crippen LogP contribution in [0.5, 0.6) is 0 Å². The molecule has 0 unspecified atom stereocenters. The van der Waals surface area contributed by atoms with Gasteiger partial charge >= 0.3 is 0 Å². The minimum absolute atomic E-state index is 0.0570. The zero-order valence-corrected chi connectivity index (χ0v) is 14.1. The van der Waals surface area contributed by atoms with Crippen LogP contribution in [0.4, 0.5) is 5.69 Å². The van der Waals surface area contributed by atoms with Crippen LogP contribution in [0.25, 0.3) is 5.65 Å². The molecule has 1 N–H and O–H groups in total. The Hall–Kier alpha value is -2.82. The van der Waals surface area contributed by atoms with E-state index in [0.717, 1.165) is 37.3 Å². The average molecular weight is 334 g/mol. The Morgan fingerprint density at radius 1 is 1.08 bits per heavy atom. The third kappa shape index (κ3) is 3.65. The molecule has 128 valence electrons. The summed E-state index contributed by atoms with van der Waals surface area (Å²) in [6, 6.07) is 16.6. The van der Waals surface area contributed by atoms with Gasteiger partial charge in [-0.3, -0.25) is 4.79 Å². The van der Waals surface area contributed by atoms with Crippen LogP contribution in [0.3, 0.4) is 0 Å². The van der Waals surface area contributed by atoms with Gasteiger partial charge in [0.25, 0.3) is 0 Å². The third-order valence-corrected chi connectivity index (χ3v) is 4.74. The minimum Gasteiger partial charge on any atom is -0.371 e. The number of hydrogen-bond donors (Lipinski definition) is 1. The van der Waals surface area contributed by atoms with Gasteiger partial charge in [0.2, 0.25) is 5.91 Å². The number of carbonyl (C=O) groups is 1. The molecule has 5 nitrogen and oxygen atoms in total. The van der Waals surface area contributed by atoms with Gasteiger partial charge in [-0.1, -0.05) is 24.3 Å². The van der Waals surface area contributed by atoms with Crippen LogP contribution in [0.15, 0.2) is 60.9 Å². The summed E-state index contributed by atoms with van der Waals surface area (Å²) in [5.74, 6) is 0.0570. The lowest BCUT2D eigenvalue weighted by Crippen LogP contribution is -2.45. The van der Waals surface area contributed by atoms with E-state index in [9.17, 15) is 4.79 Å². The molecule has 3 heterocycles. The molecule has 1 amide bonds. The standard InChI is InChI=1S/C20H22N4O/c25-20(14-17-15-24-11-5-4-8-19(24)21-17)22-16-9-12-23(13-10-16)18-6-2-1-3-7-18/h1-8,11,15-16H,9-10,12-14H2,(H,22,25). The van der Waals surface area contributed by atoms with E-state index in [2.05, 4.69) is 39.5 Å². The van der Waals surface area contributed by atoms with Gasteiger partial charge in [-0.15, -0.1) is 0 Å². The fraction of sp³-hybridized carbons (Fsp3) is 0.300. The van der Waals surface area contributed by atoms with Gasteiger partial charge in [-0.05, 0) is 37.1 Å². The molecule has 5 heteroatoms. The van der Waals surface area contributed by atoms with Gasteiger partial charge < -0.3 is 14.6 Å². The fourth-order valence-electron chi connectivity index (χ4n) is 3.44. The Morgan fingerprint density at radius 2 is 1.84 bits per heavy atom. The summed E-state index contributed by atoms with van der Waals surface area (Å²) in [6.07, 6.45) is 6.16. The molecule has 0 spiro atoms. The van der Waals surface area contributed by atoms with Crippen molar-refractivity contribution < 1.29 is 4.79 Å². The highest BCUT2D eigenvalue weighted by molar-refractivity contribution is 5.78. The number of para-hydroxylation sites is 1. The van der Waals surface area contributed by atoms with Gasteiger partial charge in [-0.2, -0.15) is 0 Å². The van der Waals surface area contributed by atoms with Gasteiger partial charge in [0.05, 0.1) is 12.1 Å². The van der Waals surface area contributed by atoms with E-state index in [-0.39, 0.29) is 11.9 Å². The number of benzene rings is 1. The van der Waals surface area contributed by atoms with E-state index < -0.39 is 0 Å². The number of nitrogens with one attached hydrogen (secondary N) is 1. The number of pyridine rings is 1. The highest BCUT2D eigenvalue weighted by Gasteiger charge is 2.21. The van der Waals surface area contributed by atoms with Crippen molar-refractivity contribution in [3.05, 3.63) is 66.6 Å². The van der Waals surface area contributed by atoms with E-state index in [4.69, 9.17) is 0 Å². The van der Waals surface area contributed by atoms with Gasteiger partial charge in [0, 0.05) is 37.2 Å². The normalized spacial score (nSPS) is 15.4. The zero-order chi connectivity index (χ0) is 17.1. The molecule has 3 aromatic rings. The quantitative estimate of drug-likeness (QED) is 0.798. The number of anilines is 1. The zero-order valence-electron chi connectivity index (χ0n) is 14.1. The molecular formula is C20H22N4O. The monoisotopic (exact) mass is 334 g/mol. The first-order valence-electron chi connectivity index (χ1n) is 8.80. The maximum absolute atomic E-state index is 12.3. The second-order valence-corrected chi connectivity index (χ2v) is 6.54. The lowest BCUT2D eigenvalue weighted by atomic mass is 10.0. The summed E-state index contributed by atoms with van der Waals surface area (Å²) in [7, 11) is 0. The minimum atomic E-state index is 0.0570. The Balaban J connectivity index is 1.30. The number of carbonyl (C=O) groups excluding carboxylic acids is 1. The highest BCUT2D eigenvalue weighted by atomic mass is 16.1.